The third-order valence-corrected chi connectivity index (χ3v) is 3.16. The summed E-state index contributed by atoms with van der Waals surface area (Å²) in [6.45, 7) is 2.65. The van der Waals surface area contributed by atoms with Gasteiger partial charge in [-0.05, 0) is 6.42 Å². The number of aliphatic hydroxyl groups is 1. The predicted octanol–water partition coefficient (Wildman–Crippen LogP) is 0.0387. The highest BCUT2D eigenvalue weighted by atomic mass is 16.4. The average molecular weight is 260 g/mol. The van der Waals surface area contributed by atoms with Gasteiger partial charge in [-0.25, -0.2) is 5.32 Å². The van der Waals surface area contributed by atoms with Crippen molar-refractivity contribution in [2.45, 2.75) is 51.3 Å². The van der Waals surface area contributed by atoms with Crippen molar-refractivity contribution in [3.8, 4) is 0 Å². The van der Waals surface area contributed by atoms with Gasteiger partial charge in [0.15, 0.2) is 5.97 Å². The van der Waals surface area contributed by atoms with Crippen molar-refractivity contribution in [3.63, 3.8) is 0 Å². The Hall–Kier alpha value is -0.650. The maximum absolute atomic E-state index is 11.0. The van der Waals surface area contributed by atoms with E-state index in [9.17, 15) is 15.0 Å². The van der Waals surface area contributed by atoms with Gasteiger partial charge in [0.05, 0.1) is 21.1 Å². The molecule has 0 heterocycles. The van der Waals surface area contributed by atoms with Crippen LogP contribution in [0.15, 0.2) is 0 Å². The van der Waals surface area contributed by atoms with Gasteiger partial charge in [0.25, 0.3) is 0 Å². The summed E-state index contributed by atoms with van der Waals surface area (Å²) in [6, 6.07) is 0. The molecule has 2 N–H and O–H groups in total. The highest BCUT2D eigenvalue weighted by Gasteiger charge is 2.42. The summed E-state index contributed by atoms with van der Waals surface area (Å²) in [5, 5.41) is 23.8. The molecule has 0 fully saturated rings. The lowest BCUT2D eigenvalue weighted by atomic mass is 10.1. The second-order valence-corrected chi connectivity index (χ2v) is 5.67. The number of nitrogens with zero attached hydrogens (tertiary/aromatic N) is 1. The quantitative estimate of drug-likeness (QED) is 0.330. The number of carbonyl (C=O) groups excluding carboxylic acids is 1. The van der Waals surface area contributed by atoms with Crippen molar-refractivity contribution in [2.24, 2.45) is 0 Å². The van der Waals surface area contributed by atoms with E-state index in [0.29, 0.717) is 6.54 Å². The molecule has 108 valence electrons. The fraction of sp³-hybridized carbons (Fsp3) is 0.923. The number of hydrogen-bond donors (Lipinski definition) is 2. The second-order valence-electron chi connectivity index (χ2n) is 5.67. The molecule has 0 aliphatic rings. The fourth-order valence-corrected chi connectivity index (χ4v) is 1.75. The maximum atomic E-state index is 11.0. The molecule has 0 aliphatic carbocycles. The van der Waals surface area contributed by atoms with E-state index in [4.69, 9.17) is 0 Å². The molecule has 0 amide bonds. The summed E-state index contributed by atoms with van der Waals surface area (Å²) in [4.78, 5) is 11.0. The van der Waals surface area contributed by atoms with Crippen LogP contribution in [-0.2, 0) is 4.79 Å². The highest BCUT2D eigenvalue weighted by molar-refractivity contribution is 5.72. The molecule has 0 spiro atoms. The van der Waals surface area contributed by atoms with Crippen LogP contribution >= 0.6 is 0 Å². The number of quaternary nitrogens is 1. The molecule has 0 radical (unpaired) electrons. The second kappa shape index (κ2) is 7.71. The first-order valence-electron chi connectivity index (χ1n) is 6.76. The van der Waals surface area contributed by atoms with Crippen molar-refractivity contribution in [1.82, 2.24) is 5.32 Å². The molecule has 0 bridgehead atoms. The van der Waals surface area contributed by atoms with E-state index >= 15 is 0 Å². The molecule has 0 aromatic carbocycles. The van der Waals surface area contributed by atoms with Crippen LogP contribution in [0.25, 0.3) is 0 Å². The third-order valence-electron chi connectivity index (χ3n) is 3.16. The number of hydrogen-bond acceptors (Lipinski definition) is 4. The number of carboxylic acids is 1. The average Bonchev–Trinajstić information content (AvgIpc) is 2.25. The number of unbranched alkanes of at least 4 members (excludes halogenated alkanes) is 5. The number of rotatable bonds is 10. The largest absolute Gasteiger partial charge is 0.541 e. The summed E-state index contributed by atoms with van der Waals surface area (Å²) in [7, 11) is 4.85. The molecule has 5 nitrogen and oxygen atoms in total. The Morgan fingerprint density at radius 3 is 2.11 bits per heavy atom. The van der Waals surface area contributed by atoms with Gasteiger partial charge in [0.1, 0.15) is 0 Å². The van der Waals surface area contributed by atoms with Crippen LogP contribution in [0.2, 0.25) is 0 Å². The summed E-state index contributed by atoms with van der Waals surface area (Å²) in [5.41, 5.74) is 0. The maximum Gasteiger partial charge on any atom is 0.303 e. The molecule has 5 heteroatoms. The van der Waals surface area contributed by atoms with Crippen LogP contribution in [0, 0.1) is 0 Å². The van der Waals surface area contributed by atoms with Crippen molar-refractivity contribution >= 4 is 5.97 Å². The third kappa shape index (κ3) is 5.33. The normalized spacial score (nSPS) is 15.4. The van der Waals surface area contributed by atoms with E-state index in [2.05, 4.69) is 12.2 Å². The first-order chi connectivity index (χ1) is 8.25. The van der Waals surface area contributed by atoms with Crippen LogP contribution in [0.3, 0.4) is 0 Å². The van der Waals surface area contributed by atoms with E-state index in [-0.39, 0.29) is 4.48 Å². The standard InChI is InChI=1S/C13H28N2O3/c1-5-6-7-8-9-10-11-14-13(18,12(16)17)15(2,3)4/h14,18H,5-11H2,1-4H3. The zero-order chi connectivity index (χ0) is 14.2. The van der Waals surface area contributed by atoms with Crippen molar-refractivity contribution in [2.75, 3.05) is 27.7 Å². The molecule has 0 saturated carbocycles. The summed E-state index contributed by atoms with van der Waals surface area (Å²) < 4.78 is -0.134. The van der Waals surface area contributed by atoms with Gasteiger partial charge < -0.3 is 15.0 Å². The van der Waals surface area contributed by atoms with Crippen LogP contribution < -0.4 is 10.4 Å². The number of carboxylic acid groups (broad SMARTS) is 1. The highest BCUT2D eigenvalue weighted by Crippen LogP contribution is 2.12. The fourth-order valence-electron chi connectivity index (χ4n) is 1.75. The van der Waals surface area contributed by atoms with Gasteiger partial charge in [0, 0.05) is 6.54 Å². The van der Waals surface area contributed by atoms with Gasteiger partial charge in [0.2, 0.25) is 0 Å². The lowest BCUT2D eigenvalue weighted by molar-refractivity contribution is -0.945. The van der Waals surface area contributed by atoms with Crippen LogP contribution in [0.5, 0.6) is 0 Å². The van der Waals surface area contributed by atoms with E-state index in [1.807, 2.05) is 0 Å². The van der Waals surface area contributed by atoms with Crippen molar-refractivity contribution in [3.05, 3.63) is 0 Å². The van der Waals surface area contributed by atoms with Gasteiger partial charge in [-0.3, -0.25) is 4.48 Å². The van der Waals surface area contributed by atoms with Crippen molar-refractivity contribution in [1.29, 1.82) is 0 Å². The molecule has 18 heavy (non-hydrogen) atoms. The number of likely N-dealkylation sites (N-methyl/N-ethyl adjacent to an activating group) is 1. The van der Waals surface area contributed by atoms with E-state index < -0.39 is 11.8 Å². The minimum atomic E-state index is -2.02. The Bertz CT molecular complexity index is 251. The van der Waals surface area contributed by atoms with Crippen LogP contribution in [0.4, 0.5) is 0 Å². The predicted molar refractivity (Wildman–Crippen MR) is 69.4 cm³/mol. The number of carbonyl (C=O) groups is 1. The molecule has 1 atom stereocenters. The van der Waals surface area contributed by atoms with E-state index in [0.717, 1.165) is 19.3 Å². The molecular weight excluding hydrogens is 232 g/mol. The number of nitrogens with one attached hydrogen (secondary N) is 1. The zero-order valence-electron chi connectivity index (χ0n) is 12.2. The number of aliphatic carboxylic acids is 1. The Labute approximate surface area is 110 Å². The minimum Gasteiger partial charge on any atom is -0.541 e. The Kier molecular flexibility index (Phi) is 7.43. The van der Waals surface area contributed by atoms with Gasteiger partial charge in [-0.2, -0.15) is 0 Å². The summed E-state index contributed by atoms with van der Waals surface area (Å²) >= 11 is 0. The van der Waals surface area contributed by atoms with Crippen LogP contribution in [0.1, 0.15) is 45.4 Å². The Balaban J connectivity index is 3.97. The molecule has 0 aromatic heterocycles. The monoisotopic (exact) mass is 260 g/mol. The van der Waals surface area contributed by atoms with Gasteiger partial charge in [-0.1, -0.05) is 39.0 Å². The van der Waals surface area contributed by atoms with E-state index in [1.165, 1.54) is 19.3 Å². The van der Waals surface area contributed by atoms with Gasteiger partial charge in [-0.15, -0.1) is 0 Å². The molecule has 0 rings (SSSR count). The van der Waals surface area contributed by atoms with Gasteiger partial charge >= 0.3 is 5.85 Å². The molecular formula is C13H28N2O3. The van der Waals surface area contributed by atoms with E-state index in [1.54, 1.807) is 21.1 Å². The lowest BCUT2D eigenvalue weighted by Gasteiger charge is -2.42. The minimum absolute atomic E-state index is 0.134. The zero-order valence-corrected chi connectivity index (χ0v) is 12.2. The van der Waals surface area contributed by atoms with Crippen LogP contribution in [-0.4, -0.2) is 49.1 Å². The molecule has 0 aromatic rings. The Morgan fingerprint density at radius 2 is 1.67 bits per heavy atom. The van der Waals surface area contributed by atoms with Crippen molar-refractivity contribution < 1.29 is 19.5 Å². The molecule has 1 unspecified atom stereocenters. The summed E-state index contributed by atoms with van der Waals surface area (Å²) in [6.07, 6.45) is 6.74. The lowest BCUT2D eigenvalue weighted by Crippen LogP contribution is -2.73. The Morgan fingerprint density at radius 1 is 1.17 bits per heavy atom. The smallest absolute Gasteiger partial charge is 0.303 e. The topological polar surface area (TPSA) is 72.4 Å². The first kappa shape index (κ1) is 17.4. The summed E-state index contributed by atoms with van der Waals surface area (Å²) in [5.74, 6) is -3.51. The first-order valence-corrected chi connectivity index (χ1v) is 6.76. The molecule has 0 saturated heterocycles. The SMILES string of the molecule is CCCCCCCCNC(O)(C(=O)[O-])[N+](C)(C)C. The molecule has 0 aliphatic heterocycles.